The van der Waals surface area contributed by atoms with E-state index in [4.69, 9.17) is 10.5 Å². The minimum Gasteiger partial charge on any atom is -0.496 e. The van der Waals surface area contributed by atoms with Gasteiger partial charge in [-0.25, -0.2) is 0 Å². The number of benzene rings is 1. The third-order valence-electron chi connectivity index (χ3n) is 3.04. The first-order chi connectivity index (χ1) is 8.65. The number of rotatable bonds is 4. The van der Waals surface area contributed by atoms with Crippen molar-refractivity contribution in [3.8, 4) is 17.0 Å². The highest BCUT2D eigenvalue weighted by Crippen LogP contribution is 2.33. The fraction of sp³-hybridized carbons (Fsp3) is 0.357. The number of aryl methyl sites for hydroxylation is 2. The Kier molecular flexibility index (Phi) is 3.99. The maximum atomic E-state index is 5.56. The van der Waals surface area contributed by atoms with Gasteiger partial charge in [0.15, 0.2) is 0 Å². The average Bonchev–Trinajstić information content (AvgIpc) is 2.81. The number of hydrogen-bond acceptors (Lipinski definition) is 4. The van der Waals surface area contributed by atoms with Crippen LogP contribution in [0.2, 0.25) is 0 Å². The quantitative estimate of drug-likeness (QED) is 0.921. The van der Waals surface area contributed by atoms with Crippen LogP contribution in [0.1, 0.15) is 16.0 Å². The Balaban J connectivity index is 2.45. The van der Waals surface area contributed by atoms with Gasteiger partial charge in [0.05, 0.1) is 12.8 Å². The van der Waals surface area contributed by atoms with Gasteiger partial charge in [-0.15, -0.1) is 0 Å². The third-order valence-corrected chi connectivity index (χ3v) is 3.89. The van der Waals surface area contributed by atoms with Crippen LogP contribution in [-0.2, 0) is 6.42 Å². The van der Waals surface area contributed by atoms with Gasteiger partial charge in [0, 0.05) is 10.4 Å². The largest absolute Gasteiger partial charge is 0.496 e. The van der Waals surface area contributed by atoms with Crippen LogP contribution in [0.3, 0.4) is 0 Å². The van der Waals surface area contributed by atoms with Crippen LogP contribution in [0, 0.1) is 13.8 Å². The lowest BCUT2D eigenvalue weighted by Crippen LogP contribution is -2.00. The summed E-state index contributed by atoms with van der Waals surface area (Å²) in [5.74, 6) is 0.877. The predicted molar refractivity (Wildman–Crippen MR) is 76.3 cm³/mol. The van der Waals surface area contributed by atoms with Crippen LogP contribution in [0.25, 0.3) is 11.3 Å². The standard InChI is InChI=1S/C14H18N2OS/c1-9-6-12(14(17-3)7-10(9)2)13-8-11(4-5-15)18-16-13/h6-8H,4-5,15H2,1-3H3. The Morgan fingerprint density at radius 1 is 1.22 bits per heavy atom. The number of nitrogens with two attached hydrogens (primary N) is 1. The smallest absolute Gasteiger partial charge is 0.128 e. The molecular weight excluding hydrogens is 244 g/mol. The van der Waals surface area contributed by atoms with E-state index >= 15 is 0 Å². The summed E-state index contributed by atoms with van der Waals surface area (Å²) in [5.41, 5.74) is 10.1. The van der Waals surface area contributed by atoms with E-state index in [-0.39, 0.29) is 0 Å². The van der Waals surface area contributed by atoms with E-state index in [1.807, 2.05) is 0 Å². The highest BCUT2D eigenvalue weighted by Gasteiger charge is 2.11. The molecule has 0 saturated carbocycles. The summed E-state index contributed by atoms with van der Waals surface area (Å²) in [4.78, 5) is 1.22. The summed E-state index contributed by atoms with van der Waals surface area (Å²) in [6.07, 6.45) is 0.880. The zero-order valence-corrected chi connectivity index (χ0v) is 11.8. The minimum absolute atomic E-state index is 0.658. The molecule has 0 radical (unpaired) electrons. The Bertz CT molecular complexity index is 549. The molecular formula is C14H18N2OS. The van der Waals surface area contributed by atoms with E-state index in [0.717, 1.165) is 23.4 Å². The Morgan fingerprint density at radius 2 is 1.94 bits per heavy atom. The molecule has 1 aromatic heterocycles. The van der Waals surface area contributed by atoms with Crippen LogP contribution in [0.15, 0.2) is 18.2 Å². The monoisotopic (exact) mass is 262 g/mol. The normalized spacial score (nSPS) is 10.7. The maximum Gasteiger partial charge on any atom is 0.128 e. The number of ether oxygens (including phenoxy) is 1. The van der Waals surface area contributed by atoms with Gasteiger partial charge in [0.25, 0.3) is 0 Å². The summed E-state index contributed by atoms with van der Waals surface area (Å²) in [6.45, 7) is 4.85. The van der Waals surface area contributed by atoms with E-state index in [1.165, 1.54) is 27.5 Å². The van der Waals surface area contributed by atoms with Crippen molar-refractivity contribution in [3.05, 3.63) is 34.2 Å². The predicted octanol–water partition coefficient (Wildman–Crippen LogP) is 2.94. The van der Waals surface area contributed by atoms with Crippen molar-refractivity contribution in [2.75, 3.05) is 13.7 Å². The fourth-order valence-corrected chi connectivity index (χ4v) is 2.60. The fourth-order valence-electron chi connectivity index (χ4n) is 1.86. The molecule has 0 saturated heterocycles. The summed E-state index contributed by atoms with van der Waals surface area (Å²) in [7, 11) is 1.70. The molecule has 18 heavy (non-hydrogen) atoms. The highest BCUT2D eigenvalue weighted by molar-refractivity contribution is 7.06. The third kappa shape index (κ3) is 2.54. The summed E-state index contributed by atoms with van der Waals surface area (Å²) >= 11 is 1.51. The van der Waals surface area contributed by atoms with E-state index in [9.17, 15) is 0 Å². The zero-order valence-electron chi connectivity index (χ0n) is 11.0. The molecule has 4 heteroatoms. The van der Waals surface area contributed by atoms with E-state index in [0.29, 0.717) is 6.54 Å². The van der Waals surface area contributed by atoms with Crippen LogP contribution in [-0.4, -0.2) is 18.0 Å². The van der Waals surface area contributed by atoms with Crippen molar-refractivity contribution in [2.24, 2.45) is 5.73 Å². The molecule has 0 aliphatic heterocycles. The van der Waals surface area contributed by atoms with Crippen molar-refractivity contribution in [1.29, 1.82) is 0 Å². The molecule has 1 heterocycles. The lowest BCUT2D eigenvalue weighted by Gasteiger charge is -2.09. The SMILES string of the molecule is COc1cc(C)c(C)cc1-c1cc(CCN)sn1. The lowest BCUT2D eigenvalue weighted by atomic mass is 10.0. The molecule has 96 valence electrons. The molecule has 0 spiro atoms. The first-order valence-electron chi connectivity index (χ1n) is 5.97. The van der Waals surface area contributed by atoms with Crippen molar-refractivity contribution < 1.29 is 4.74 Å². The Morgan fingerprint density at radius 3 is 2.61 bits per heavy atom. The van der Waals surface area contributed by atoms with Gasteiger partial charge >= 0.3 is 0 Å². The number of nitrogens with zero attached hydrogens (tertiary/aromatic N) is 1. The molecule has 0 unspecified atom stereocenters. The van der Waals surface area contributed by atoms with Gasteiger partial charge in [-0.3, -0.25) is 0 Å². The van der Waals surface area contributed by atoms with Crippen molar-refractivity contribution >= 4 is 11.5 Å². The molecule has 0 aliphatic rings. The second-order valence-electron chi connectivity index (χ2n) is 4.35. The molecule has 2 aromatic rings. The van der Waals surface area contributed by atoms with Gasteiger partial charge in [0.2, 0.25) is 0 Å². The van der Waals surface area contributed by atoms with Gasteiger partial charge in [-0.05, 0) is 67.7 Å². The number of aromatic nitrogens is 1. The molecule has 0 atom stereocenters. The summed E-state index contributed by atoms with van der Waals surface area (Å²) < 4.78 is 9.94. The van der Waals surface area contributed by atoms with E-state index in [1.54, 1.807) is 7.11 Å². The van der Waals surface area contributed by atoms with Crippen LogP contribution in [0.4, 0.5) is 0 Å². The minimum atomic E-state index is 0.658. The maximum absolute atomic E-state index is 5.56. The zero-order chi connectivity index (χ0) is 13.1. The van der Waals surface area contributed by atoms with Crippen LogP contribution < -0.4 is 10.5 Å². The van der Waals surface area contributed by atoms with Crippen molar-refractivity contribution in [3.63, 3.8) is 0 Å². The molecule has 0 aliphatic carbocycles. The Hall–Kier alpha value is -1.39. The number of methoxy groups -OCH3 is 1. The van der Waals surface area contributed by atoms with Crippen molar-refractivity contribution in [1.82, 2.24) is 4.37 Å². The van der Waals surface area contributed by atoms with E-state index in [2.05, 4.69) is 36.4 Å². The topological polar surface area (TPSA) is 48.1 Å². The molecule has 1 aromatic carbocycles. The second-order valence-corrected chi connectivity index (χ2v) is 5.24. The first kappa shape index (κ1) is 13.1. The molecule has 3 nitrogen and oxygen atoms in total. The van der Waals surface area contributed by atoms with Gasteiger partial charge in [0.1, 0.15) is 5.75 Å². The van der Waals surface area contributed by atoms with Crippen LogP contribution in [0.5, 0.6) is 5.75 Å². The molecule has 0 bridgehead atoms. The molecule has 2 N–H and O–H groups in total. The Labute approximate surface area is 112 Å². The molecule has 0 fully saturated rings. The highest BCUT2D eigenvalue weighted by atomic mass is 32.1. The van der Waals surface area contributed by atoms with Crippen LogP contribution >= 0.6 is 11.5 Å². The van der Waals surface area contributed by atoms with Gasteiger partial charge in [-0.1, -0.05) is 0 Å². The average molecular weight is 262 g/mol. The van der Waals surface area contributed by atoms with Gasteiger partial charge in [-0.2, -0.15) is 4.37 Å². The van der Waals surface area contributed by atoms with E-state index < -0.39 is 0 Å². The summed E-state index contributed by atoms with van der Waals surface area (Å²) in [6, 6.07) is 6.30. The number of hydrogen-bond donors (Lipinski definition) is 1. The lowest BCUT2D eigenvalue weighted by molar-refractivity contribution is 0.416. The van der Waals surface area contributed by atoms with Gasteiger partial charge < -0.3 is 10.5 Å². The summed E-state index contributed by atoms with van der Waals surface area (Å²) in [5, 5.41) is 0. The first-order valence-corrected chi connectivity index (χ1v) is 6.74. The second kappa shape index (κ2) is 5.50. The van der Waals surface area contributed by atoms with Crippen molar-refractivity contribution in [2.45, 2.75) is 20.3 Å². The molecule has 0 amide bonds. The molecule has 2 rings (SSSR count).